The van der Waals surface area contributed by atoms with E-state index >= 15 is 0 Å². The summed E-state index contributed by atoms with van der Waals surface area (Å²) in [4.78, 5) is 28.1. The van der Waals surface area contributed by atoms with E-state index in [4.69, 9.17) is 18.9 Å². The zero-order valence-corrected chi connectivity index (χ0v) is 31.1. The highest BCUT2D eigenvalue weighted by atomic mass is 32.2. The van der Waals surface area contributed by atoms with Crippen LogP contribution in [0.15, 0.2) is 123 Å². The summed E-state index contributed by atoms with van der Waals surface area (Å²) in [5.41, 5.74) is 4.49. The van der Waals surface area contributed by atoms with Crippen molar-refractivity contribution in [1.82, 2.24) is 0 Å². The fourth-order valence-corrected chi connectivity index (χ4v) is 9.08. The van der Waals surface area contributed by atoms with Crippen LogP contribution in [0.2, 0.25) is 0 Å². The van der Waals surface area contributed by atoms with Gasteiger partial charge in [0.1, 0.15) is 61.2 Å². The summed E-state index contributed by atoms with van der Waals surface area (Å²) in [6.07, 6.45) is 17.5. The maximum absolute atomic E-state index is 11.6. The van der Waals surface area contributed by atoms with Gasteiger partial charge in [0.15, 0.2) is 11.5 Å². The highest BCUT2D eigenvalue weighted by Gasteiger charge is 2.38. The first-order valence-corrected chi connectivity index (χ1v) is 19.2. The van der Waals surface area contributed by atoms with Crippen molar-refractivity contribution in [1.29, 1.82) is 10.5 Å². The molecule has 5 aliphatic rings. The Morgan fingerprint density at radius 3 is 2.18 bits per heavy atom. The lowest BCUT2D eigenvalue weighted by Gasteiger charge is -2.29. The van der Waals surface area contributed by atoms with E-state index in [1.165, 1.54) is 35.3 Å². The number of nitriles is 2. The standard InChI is InChI=1S/C43H31N3O8S2/c44-23-27(42(47)48)20-38-35-22-34(51-14-15-52-35)36(55-38)12-8-25-6-10-32-30(18-25)31-19-26(7-11-33(31)46(32)29-4-2-1-3-5-29)9-13-37-40-41(54-17-16-53-40)39(56-37)21-28(24-45)43(49)50/h1-13,18-21,30,32H,14-17,22H2,(H,47,48)(H,49,50)/b12-8+,13-9+,27-20+,28-21+. The van der Waals surface area contributed by atoms with Crippen LogP contribution < -0.4 is 14.4 Å². The molecule has 1 aliphatic carbocycles. The van der Waals surface area contributed by atoms with Crippen molar-refractivity contribution in [2.45, 2.75) is 18.4 Å². The van der Waals surface area contributed by atoms with Crippen molar-refractivity contribution in [3.63, 3.8) is 0 Å². The average Bonchev–Trinajstić information content (AvgIpc) is 3.64. The Labute approximate surface area is 330 Å². The van der Waals surface area contributed by atoms with Crippen LogP contribution in [0.25, 0.3) is 18.2 Å². The van der Waals surface area contributed by atoms with Crippen LogP contribution in [0.1, 0.15) is 33.2 Å². The number of thioether (sulfide) groups is 1. The van der Waals surface area contributed by atoms with Gasteiger partial charge >= 0.3 is 11.9 Å². The molecule has 2 N–H and O–H groups in total. The van der Waals surface area contributed by atoms with Crippen LogP contribution in [0, 0.1) is 22.7 Å². The van der Waals surface area contributed by atoms with Crippen LogP contribution in [0.5, 0.6) is 11.5 Å². The highest BCUT2D eigenvalue weighted by Crippen LogP contribution is 2.50. The summed E-state index contributed by atoms with van der Waals surface area (Å²) in [7, 11) is 0. The molecule has 2 atom stereocenters. The van der Waals surface area contributed by atoms with Crippen molar-refractivity contribution in [2.24, 2.45) is 0 Å². The van der Waals surface area contributed by atoms with Crippen molar-refractivity contribution in [3.8, 4) is 23.6 Å². The van der Waals surface area contributed by atoms with E-state index in [0.717, 1.165) is 43.6 Å². The molecule has 2 unspecified atom stereocenters. The lowest BCUT2D eigenvalue weighted by molar-refractivity contribution is -0.133. The van der Waals surface area contributed by atoms with Gasteiger partial charge in [-0.05, 0) is 65.3 Å². The molecule has 0 spiro atoms. The third-order valence-electron chi connectivity index (χ3n) is 9.51. The molecule has 1 aromatic heterocycles. The van der Waals surface area contributed by atoms with Gasteiger partial charge in [0.25, 0.3) is 0 Å². The van der Waals surface area contributed by atoms with E-state index in [1.54, 1.807) is 12.1 Å². The molecule has 2 bridgehead atoms. The number of carboxylic acid groups (broad SMARTS) is 2. The second-order valence-electron chi connectivity index (χ2n) is 12.9. The minimum absolute atomic E-state index is 0.00420. The number of benzene rings is 2. The second kappa shape index (κ2) is 15.6. The molecule has 1 fully saturated rings. The average molecular weight is 782 g/mol. The van der Waals surface area contributed by atoms with Gasteiger partial charge in [-0.1, -0.05) is 66.4 Å². The molecule has 13 heteroatoms. The molecule has 56 heavy (non-hydrogen) atoms. The van der Waals surface area contributed by atoms with E-state index in [9.17, 15) is 30.3 Å². The van der Waals surface area contributed by atoms with E-state index in [2.05, 4.69) is 53.5 Å². The molecule has 11 nitrogen and oxygen atoms in total. The number of aliphatic carboxylic acids is 2. The van der Waals surface area contributed by atoms with Crippen LogP contribution in [-0.4, -0.2) is 54.6 Å². The fraction of sp³-hybridized carbons (Fsp3) is 0.163. The van der Waals surface area contributed by atoms with Gasteiger partial charge < -0.3 is 34.1 Å². The van der Waals surface area contributed by atoms with Gasteiger partial charge in [-0.3, -0.25) is 0 Å². The Balaban J connectivity index is 1.12. The Morgan fingerprint density at radius 1 is 0.786 bits per heavy atom. The van der Waals surface area contributed by atoms with Gasteiger partial charge in [0.2, 0.25) is 0 Å². The summed E-state index contributed by atoms with van der Waals surface area (Å²) in [5, 5.41) is 37.6. The molecule has 0 radical (unpaired) electrons. The number of carboxylic acids is 2. The van der Waals surface area contributed by atoms with Gasteiger partial charge in [-0.2, -0.15) is 10.5 Å². The minimum atomic E-state index is -1.31. The molecule has 3 aromatic rings. The topological polar surface area (TPSA) is 162 Å². The number of thiophene rings is 1. The smallest absolute Gasteiger partial charge is 0.346 e. The first-order valence-electron chi connectivity index (χ1n) is 17.6. The van der Waals surface area contributed by atoms with Crippen LogP contribution >= 0.6 is 23.1 Å². The molecule has 278 valence electrons. The predicted molar refractivity (Wildman–Crippen MR) is 213 cm³/mol. The molecule has 0 amide bonds. The van der Waals surface area contributed by atoms with Crippen molar-refractivity contribution >= 4 is 64.6 Å². The second-order valence-corrected chi connectivity index (χ2v) is 15.1. The lowest BCUT2D eigenvalue weighted by Crippen LogP contribution is -2.28. The quantitative estimate of drug-likeness (QED) is 0.158. The van der Waals surface area contributed by atoms with Gasteiger partial charge in [0.05, 0.1) is 32.0 Å². The zero-order chi connectivity index (χ0) is 38.8. The maximum atomic E-state index is 11.6. The summed E-state index contributed by atoms with van der Waals surface area (Å²) in [6, 6.07) is 20.1. The largest absolute Gasteiger partial charge is 0.493 e. The van der Waals surface area contributed by atoms with Crippen molar-refractivity contribution in [3.05, 3.63) is 144 Å². The number of ether oxygens (including phenoxy) is 4. The molecule has 0 saturated carbocycles. The minimum Gasteiger partial charge on any atom is -0.493 e. The number of rotatable bonds is 9. The fourth-order valence-electron chi connectivity index (χ4n) is 7.00. The van der Waals surface area contributed by atoms with Gasteiger partial charge in [0, 0.05) is 17.3 Å². The van der Waals surface area contributed by atoms with E-state index in [0.29, 0.717) is 59.9 Å². The van der Waals surface area contributed by atoms with Crippen molar-refractivity contribution < 1.29 is 38.7 Å². The van der Waals surface area contributed by atoms with Crippen molar-refractivity contribution in [2.75, 3.05) is 31.3 Å². The monoisotopic (exact) mass is 781 g/mol. The first-order chi connectivity index (χ1) is 27.3. The van der Waals surface area contributed by atoms with E-state index < -0.39 is 17.5 Å². The van der Waals surface area contributed by atoms with E-state index in [-0.39, 0.29) is 17.5 Å². The Morgan fingerprint density at radius 2 is 1.46 bits per heavy atom. The molecule has 5 heterocycles. The number of fused-ring (bicyclic) bond motifs is 6. The lowest BCUT2D eigenvalue weighted by atomic mass is 9.87. The summed E-state index contributed by atoms with van der Waals surface area (Å²) in [5.74, 6) is -0.322. The number of hydrogen-bond acceptors (Lipinski definition) is 11. The zero-order valence-electron chi connectivity index (χ0n) is 29.5. The number of carbonyl (C=O) groups is 2. The van der Waals surface area contributed by atoms with Crippen LogP contribution in [-0.2, 0) is 19.1 Å². The Bertz CT molecular complexity index is 2490. The first kappa shape index (κ1) is 36.3. The summed E-state index contributed by atoms with van der Waals surface area (Å²) >= 11 is 2.61. The molecule has 4 aliphatic heterocycles. The summed E-state index contributed by atoms with van der Waals surface area (Å²) < 4.78 is 23.6. The number of nitrogens with zero attached hydrogens (tertiary/aromatic N) is 3. The SMILES string of the molecule is N#C/C(=C\C1=C2CC(=C(/C=C/C3=CC4c5cc(/C=C/c6sc(/C=C(\C#N)C(=O)O)c7c6OCCO7)ccc5N(c5ccccc5)C4C=C3)S1)OCCO2)C(=O)O. The Kier molecular flexibility index (Phi) is 10.1. The van der Waals surface area contributed by atoms with E-state index in [1.807, 2.05) is 42.5 Å². The maximum Gasteiger partial charge on any atom is 0.346 e. The molecule has 8 rings (SSSR count). The predicted octanol–water partition coefficient (Wildman–Crippen LogP) is 8.48. The number of hydrogen-bond donors (Lipinski definition) is 2. The van der Waals surface area contributed by atoms with Crippen LogP contribution in [0.4, 0.5) is 11.4 Å². The van der Waals surface area contributed by atoms with Crippen LogP contribution in [0.3, 0.4) is 0 Å². The summed E-state index contributed by atoms with van der Waals surface area (Å²) in [6.45, 7) is 1.35. The van der Waals surface area contributed by atoms with Gasteiger partial charge in [-0.25, -0.2) is 9.59 Å². The molecular weight excluding hydrogens is 751 g/mol. The number of anilines is 2. The molecule has 1 saturated heterocycles. The number of allylic oxidation sites excluding steroid dienone is 5. The Hall–Kier alpha value is -6.67. The third-order valence-corrected chi connectivity index (χ3v) is 11.7. The molecule has 2 aromatic carbocycles. The normalized spacial score (nSPS) is 20.1. The molecular formula is C43H31N3O8S2. The van der Waals surface area contributed by atoms with Gasteiger partial charge in [-0.15, -0.1) is 11.3 Å². The highest BCUT2D eigenvalue weighted by molar-refractivity contribution is 8.07. The number of para-hydroxylation sites is 1. The third kappa shape index (κ3) is 7.13.